The molecule has 0 saturated heterocycles. The molecule has 0 spiro atoms. The molecule has 0 unspecified atom stereocenters. The Morgan fingerprint density at radius 2 is 2.19 bits per heavy atom. The van der Waals surface area contributed by atoms with E-state index in [1.165, 1.54) is 11.3 Å². The highest BCUT2D eigenvalue weighted by Crippen LogP contribution is 2.29. The average Bonchev–Trinajstić information content (AvgIpc) is 2.45. The SMILES string of the molecule is Cc1sc(Br)cc1S(=O)(=O)N[C@@H](C)CN.Cl. The third kappa shape index (κ3) is 3.97. The van der Waals surface area contributed by atoms with Gasteiger partial charge in [0.2, 0.25) is 10.0 Å². The number of rotatable bonds is 4. The lowest BCUT2D eigenvalue weighted by molar-refractivity contribution is 0.562. The fourth-order valence-electron chi connectivity index (χ4n) is 1.07. The van der Waals surface area contributed by atoms with Crippen molar-refractivity contribution in [3.05, 3.63) is 14.7 Å². The summed E-state index contributed by atoms with van der Waals surface area (Å²) in [5, 5.41) is 0. The van der Waals surface area contributed by atoms with Crippen molar-refractivity contribution in [2.45, 2.75) is 24.8 Å². The maximum Gasteiger partial charge on any atom is 0.241 e. The number of thiophene rings is 1. The van der Waals surface area contributed by atoms with E-state index in [4.69, 9.17) is 5.73 Å². The topological polar surface area (TPSA) is 72.2 Å². The molecule has 0 aliphatic rings. The molecule has 0 amide bonds. The largest absolute Gasteiger partial charge is 0.329 e. The molecule has 8 heteroatoms. The van der Waals surface area contributed by atoms with Crippen molar-refractivity contribution in [3.8, 4) is 0 Å². The van der Waals surface area contributed by atoms with Gasteiger partial charge in [-0.15, -0.1) is 23.7 Å². The first-order valence-corrected chi connectivity index (χ1v) is 7.44. The van der Waals surface area contributed by atoms with Crippen LogP contribution in [-0.4, -0.2) is 21.0 Å². The van der Waals surface area contributed by atoms with Crippen molar-refractivity contribution in [2.75, 3.05) is 6.54 Å². The van der Waals surface area contributed by atoms with E-state index in [0.717, 1.165) is 8.66 Å². The zero-order chi connectivity index (χ0) is 11.6. The number of aryl methyl sites for hydroxylation is 1. The van der Waals surface area contributed by atoms with Crippen LogP contribution in [0.25, 0.3) is 0 Å². The van der Waals surface area contributed by atoms with Gasteiger partial charge >= 0.3 is 0 Å². The molecular weight excluding hydrogens is 336 g/mol. The summed E-state index contributed by atoms with van der Waals surface area (Å²) in [4.78, 5) is 1.08. The number of hydrogen-bond donors (Lipinski definition) is 2. The third-order valence-electron chi connectivity index (χ3n) is 1.84. The Bertz CT molecular complexity index is 447. The van der Waals surface area contributed by atoms with E-state index in [1.54, 1.807) is 19.9 Å². The number of nitrogens with two attached hydrogens (primary N) is 1. The lowest BCUT2D eigenvalue weighted by atomic mass is 10.4. The molecule has 0 saturated carbocycles. The Balaban J connectivity index is 0.00000225. The quantitative estimate of drug-likeness (QED) is 0.871. The first-order chi connectivity index (χ1) is 6.86. The van der Waals surface area contributed by atoms with Crippen LogP contribution >= 0.6 is 39.7 Å². The lowest BCUT2D eigenvalue weighted by Gasteiger charge is -2.11. The van der Waals surface area contributed by atoms with E-state index in [2.05, 4.69) is 20.7 Å². The van der Waals surface area contributed by atoms with Crippen molar-refractivity contribution in [1.29, 1.82) is 0 Å². The number of sulfonamides is 1. The molecule has 1 rings (SSSR count). The number of hydrogen-bond acceptors (Lipinski definition) is 4. The molecular formula is C8H14BrClN2O2S2. The van der Waals surface area contributed by atoms with Crippen LogP contribution in [0.3, 0.4) is 0 Å². The monoisotopic (exact) mass is 348 g/mol. The first kappa shape index (κ1) is 16.3. The van der Waals surface area contributed by atoms with Crippen LogP contribution in [0.1, 0.15) is 11.8 Å². The minimum atomic E-state index is -3.43. The summed E-state index contributed by atoms with van der Waals surface area (Å²) in [6.07, 6.45) is 0. The van der Waals surface area contributed by atoms with E-state index >= 15 is 0 Å². The van der Waals surface area contributed by atoms with E-state index < -0.39 is 10.0 Å². The zero-order valence-electron chi connectivity index (χ0n) is 8.86. The van der Waals surface area contributed by atoms with Gasteiger partial charge in [0, 0.05) is 17.5 Å². The van der Waals surface area contributed by atoms with Gasteiger partial charge in [0.15, 0.2) is 0 Å². The van der Waals surface area contributed by atoms with Crippen molar-refractivity contribution < 1.29 is 8.42 Å². The molecule has 1 aromatic heterocycles. The Morgan fingerprint density at radius 1 is 1.62 bits per heavy atom. The maximum atomic E-state index is 11.9. The fraction of sp³-hybridized carbons (Fsp3) is 0.500. The summed E-state index contributed by atoms with van der Waals surface area (Å²) in [6.45, 7) is 3.79. The van der Waals surface area contributed by atoms with Gasteiger partial charge < -0.3 is 5.73 Å². The normalized spacial score (nSPS) is 13.2. The van der Waals surface area contributed by atoms with Crippen LogP contribution in [0, 0.1) is 6.92 Å². The predicted octanol–water partition coefficient (Wildman–Crippen LogP) is 1.87. The third-order valence-corrected chi connectivity index (χ3v) is 5.24. The van der Waals surface area contributed by atoms with Crippen LogP contribution < -0.4 is 10.5 Å². The highest BCUT2D eigenvalue weighted by atomic mass is 79.9. The molecule has 3 N–H and O–H groups in total. The summed E-state index contributed by atoms with van der Waals surface area (Å²) in [5.74, 6) is 0. The molecule has 1 heterocycles. The molecule has 0 radical (unpaired) electrons. The summed E-state index contributed by atoms with van der Waals surface area (Å²) in [7, 11) is -3.43. The standard InChI is InChI=1S/C8H13BrN2O2S2.ClH/c1-5(4-10)11-15(12,13)7-3-8(9)14-6(7)2;/h3,5,11H,4,10H2,1-2H3;1H/t5-;/m0./s1. The van der Waals surface area contributed by atoms with Gasteiger partial charge in [0.1, 0.15) is 0 Å². The van der Waals surface area contributed by atoms with E-state index in [0.29, 0.717) is 4.90 Å². The summed E-state index contributed by atoms with van der Waals surface area (Å²) >= 11 is 4.66. The zero-order valence-corrected chi connectivity index (χ0v) is 12.9. The van der Waals surface area contributed by atoms with Crippen molar-refractivity contribution in [3.63, 3.8) is 0 Å². The van der Waals surface area contributed by atoms with E-state index in [1.807, 2.05) is 0 Å². The molecule has 0 aliphatic carbocycles. The maximum absolute atomic E-state index is 11.9. The number of nitrogens with one attached hydrogen (secondary N) is 1. The number of halogens is 2. The highest BCUT2D eigenvalue weighted by Gasteiger charge is 2.20. The fourth-order valence-corrected chi connectivity index (χ4v) is 4.74. The summed E-state index contributed by atoms with van der Waals surface area (Å²) < 4.78 is 27.0. The summed E-state index contributed by atoms with van der Waals surface area (Å²) in [5.41, 5.74) is 5.37. The van der Waals surface area contributed by atoms with Crippen molar-refractivity contribution in [1.82, 2.24) is 4.72 Å². The van der Waals surface area contributed by atoms with Gasteiger partial charge in [-0.3, -0.25) is 0 Å². The smallest absolute Gasteiger partial charge is 0.241 e. The van der Waals surface area contributed by atoms with Gasteiger partial charge in [-0.1, -0.05) is 0 Å². The molecule has 0 bridgehead atoms. The van der Waals surface area contributed by atoms with Gasteiger partial charge in [-0.2, -0.15) is 0 Å². The Labute approximate surface area is 114 Å². The van der Waals surface area contributed by atoms with Crippen LogP contribution in [0.2, 0.25) is 0 Å². The summed E-state index contributed by atoms with van der Waals surface area (Å²) in [6, 6.07) is 1.35. The first-order valence-electron chi connectivity index (χ1n) is 4.35. The van der Waals surface area contributed by atoms with Gasteiger partial charge in [0.25, 0.3) is 0 Å². The molecule has 16 heavy (non-hydrogen) atoms. The van der Waals surface area contributed by atoms with Crippen LogP contribution in [0.15, 0.2) is 14.7 Å². The van der Waals surface area contributed by atoms with E-state index in [9.17, 15) is 8.42 Å². The van der Waals surface area contributed by atoms with Gasteiger partial charge in [-0.25, -0.2) is 13.1 Å². The van der Waals surface area contributed by atoms with Crippen LogP contribution in [0.5, 0.6) is 0 Å². The van der Waals surface area contributed by atoms with Crippen LogP contribution in [0.4, 0.5) is 0 Å². The van der Waals surface area contributed by atoms with E-state index in [-0.39, 0.29) is 25.0 Å². The second kappa shape index (κ2) is 6.32. The average molecular weight is 350 g/mol. The molecule has 94 valence electrons. The van der Waals surface area contributed by atoms with Gasteiger partial charge in [0.05, 0.1) is 8.68 Å². The molecule has 1 atom stereocenters. The molecule has 0 aromatic carbocycles. The van der Waals surface area contributed by atoms with Gasteiger partial charge in [-0.05, 0) is 35.8 Å². The van der Waals surface area contributed by atoms with Crippen molar-refractivity contribution >= 4 is 49.7 Å². The lowest BCUT2D eigenvalue weighted by Crippen LogP contribution is -2.37. The second-order valence-electron chi connectivity index (χ2n) is 3.23. The van der Waals surface area contributed by atoms with Crippen LogP contribution in [-0.2, 0) is 10.0 Å². The molecule has 0 aliphatic heterocycles. The predicted molar refractivity (Wildman–Crippen MR) is 72.8 cm³/mol. The highest BCUT2D eigenvalue weighted by molar-refractivity contribution is 9.11. The Kier molecular flexibility index (Phi) is 6.45. The Morgan fingerprint density at radius 3 is 2.56 bits per heavy atom. The van der Waals surface area contributed by atoms with Crippen molar-refractivity contribution in [2.24, 2.45) is 5.73 Å². The minimum Gasteiger partial charge on any atom is -0.329 e. The molecule has 4 nitrogen and oxygen atoms in total. The minimum absolute atomic E-state index is 0. The molecule has 1 aromatic rings. The molecule has 0 fully saturated rings. The Hall–Kier alpha value is 0.340. The second-order valence-corrected chi connectivity index (χ2v) is 7.55.